The zero-order valence-corrected chi connectivity index (χ0v) is 13.1. The van der Waals surface area contributed by atoms with E-state index in [9.17, 15) is 4.39 Å². The summed E-state index contributed by atoms with van der Waals surface area (Å²) in [7, 11) is 3.39. The van der Waals surface area contributed by atoms with E-state index in [0.29, 0.717) is 17.7 Å². The third kappa shape index (κ3) is 3.16. The van der Waals surface area contributed by atoms with Gasteiger partial charge in [-0.05, 0) is 46.6 Å². The van der Waals surface area contributed by atoms with Crippen LogP contribution in [0.15, 0.2) is 34.1 Å². The molecular formula is C14H15BrFNOS. The van der Waals surface area contributed by atoms with Gasteiger partial charge in [0.1, 0.15) is 11.6 Å². The summed E-state index contributed by atoms with van der Waals surface area (Å²) in [5.74, 6) is 0.332. The van der Waals surface area contributed by atoms with E-state index in [1.807, 2.05) is 18.5 Å². The Morgan fingerprint density at radius 2 is 2.21 bits per heavy atom. The fraction of sp³-hybridized carbons (Fsp3) is 0.286. The average molecular weight is 344 g/mol. The van der Waals surface area contributed by atoms with Gasteiger partial charge in [0.2, 0.25) is 0 Å². The van der Waals surface area contributed by atoms with Crippen molar-refractivity contribution in [1.82, 2.24) is 5.32 Å². The molecule has 102 valence electrons. The highest BCUT2D eigenvalue weighted by Gasteiger charge is 2.20. The first-order chi connectivity index (χ1) is 9.17. The Hall–Kier alpha value is -0.910. The maximum atomic E-state index is 14.1. The number of thiophene rings is 1. The van der Waals surface area contributed by atoms with Crippen molar-refractivity contribution in [3.05, 3.63) is 50.4 Å². The van der Waals surface area contributed by atoms with Gasteiger partial charge in [-0.15, -0.1) is 11.3 Å². The van der Waals surface area contributed by atoms with Gasteiger partial charge in [-0.25, -0.2) is 4.39 Å². The summed E-state index contributed by atoms with van der Waals surface area (Å²) in [5.41, 5.74) is 0.577. The van der Waals surface area contributed by atoms with Crippen LogP contribution in [0, 0.1) is 5.82 Å². The highest BCUT2D eigenvalue weighted by atomic mass is 79.9. The second-order valence-electron chi connectivity index (χ2n) is 4.09. The minimum atomic E-state index is -0.244. The molecule has 19 heavy (non-hydrogen) atoms. The molecule has 2 rings (SSSR count). The van der Waals surface area contributed by atoms with E-state index in [1.54, 1.807) is 30.6 Å². The van der Waals surface area contributed by atoms with Gasteiger partial charge < -0.3 is 10.1 Å². The molecule has 0 aliphatic rings. The molecule has 1 atom stereocenters. The van der Waals surface area contributed by atoms with Crippen molar-refractivity contribution in [2.45, 2.75) is 12.5 Å². The summed E-state index contributed by atoms with van der Waals surface area (Å²) in [6.45, 7) is 0. The number of hydrogen-bond donors (Lipinski definition) is 1. The standard InChI is InChI=1S/C14H15BrFNOS/c1-17-11(8-13-9(15)6-7-19-13)14-10(16)4-3-5-12(14)18-2/h3-7,11,17H,8H2,1-2H3. The molecule has 0 bridgehead atoms. The monoisotopic (exact) mass is 343 g/mol. The molecule has 2 aromatic rings. The molecule has 1 N–H and O–H groups in total. The first-order valence-electron chi connectivity index (χ1n) is 5.89. The zero-order chi connectivity index (χ0) is 13.8. The van der Waals surface area contributed by atoms with Crippen molar-refractivity contribution >= 4 is 27.3 Å². The van der Waals surface area contributed by atoms with E-state index in [-0.39, 0.29) is 11.9 Å². The highest BCUT2D eigenvalue weighted by molar-refractivity contribution is 9.10. The normalized spacial score (nSPS) is 12.4. The molecule has 0 saturated heterocycles. The Balaban J connectivity index is 2.34. The summed E-state index contributed by atoms with van der Waals surface area (Å²) in [5, 5.41) is 5.18. The number of rotatable bonds is 5. The van der Waals surface area contributed by atoms with Gasteiger partial charge in [0, 0.05) is 27.4 Å². The van der Waals surface area contributed by atoms with E-state index in [1.165, 1.54) is 10.9 Å². The number of likely N-dealkylation sites (N-methyl/N-ethyl adjacent to an activating group) is 1. The van der Waals surface area contributed by atoms with E-state index in [4.69, 9.17) is 4.74 Å². The van der Waals surface area contributed by atoms with Crippen LogP contribution in [0.1, 0.15) is 16.5 Å². The van der Waals surface area contributed by atoms with Gasteiger partial charge in [0.15, 0.2) is 0 Å². The molecule has 1 unspecified atom stereocenters. The smallest absolute Gasteiger partial charge is 0.131 e. The summed E-state index contributed by atoms with van der Waals surface area (Å²) in [4.78, 5) is 1.18. The number of benzene rings is 1. The van der Waals surface area contributed by atoms with E-state index >= 15 is 0 Å². The number of methoxy groups -OCH3 is 1. The Bertz CT molecular complexity index is 558. The lowest BCUT2D eigenvalue weighted by atomic mass is 10.0. The van der Waals surface area contributed by atoms with Crippen LogP contribution in [-0.4, -0.2) is 14.2 Å². The van der Waals surface area contributed by atoms with E-state index < -0.39 is 0 Å². The Labute approximate surface area is 124 Å². The Morgan fingerprint density at radius 1 is 1.42 bits per heavy atom. The molecular weight excluding hydrogens is 329 g/mol. The summed E-state index contributed by atoms with van der Waals surface area (Å²) in [6.07, 6.45) is 0.714. The summed E-state index contributed by atoms with van der Waals surface area (Å²) >= 11 is 5.17. The van der Waals surface area contributed by atoms with Crippen LogP contribution in [0.3, 0.4) is 0 Å². The highest BCUT2D eigenvalue weighted by Crippen LogP contribution is 2.33. The zero-order valence-electron chi connectivity index (χ0n) is 10.7. The van der Waals surface area contributed by atoms with E-state index in [2.05, 4.69) is 21.2 Å². The summed E-state index contributed by atoms with van der Waals surface area (Å²) < 4.78 is 20.4. The SMILES string of the molecule is CNC(Cc1sccc1Br)c1c(F)cccc1OC. The molecule has 0 amide bonds. The quantitative estimate of drug-likeness (QED) is 0.879. The third-order valence-corrected chi connectivity index (χ3v) is 4.96. The first-order valence-corrected chi connectivity index (χ1v) is 7.56. The van der Waals surface area contributed by atoms with Crippen LogP contribution < -0.4 is 10.1 Å². The van der Waals surface area contributed by atoms with Crippen molar-refractivity contribution in [2.75, 3.05) is 14.2 Å². The molecule has 0 aliphatic carbocycles. The second kappa shape index (κ2) is 6.50. The van der Waals surface area contributed by atoms with Crippen LogP contribution in [-0.2, 0) is 6.42 Å². The van der Waals surface area contributed by atoms with Crippen LogP contribution in [0.4, 0.5) is 4.39 Å². The van der Waals surface area contributed by atoms with Crippen LogP contribution in [0.5, 0.6) is 5.75 Å². The van der Waals surface area contributed by atoms with Gasteiger partial charge in [-0.1, -0.05) is 6.07 Å². The average Bonchev–Trinajstić information content (AvgIpc) is 2.81. The maximum absolute atomic E-state index is 14.1. The van der Waals surface area contributed by atoms with Gasteiger partial charge in [0.25, 0.3) is 0 Å². The number of nitrogens with one attached hydrogen (secondary N) is 1. The van der Waals surface area contributed by atoms with Gasteiger partial charge >= 0.3 is 0 Å². The Kier molecular flexibility index (Phi) is 4.96. The lowest BCUT2D eigenvalue weighted by Crippen LogP contribution is -2.20. The predicted molar refractivity (Wildman–Crippen MR) is 80.5 cm³/mol. The number of halogens is 2. The lowest BCUT2D eigenvalue weighted by Gasteiger charge is -2.19. The second-order valence-corrected chi connectivity index (χ2v) is 5.95. The predicted octanol–water partition coefficient (Wildman–Crippen LogP) is 4.16. The maximum Gasteiger partial charge on any atom is 0.131 e. The molecule has 2 nitrogen and oxygen atoms in total. The van der Waals surface area contributed by atoms with Crippen LogP contribution in [0.25, 0.3) is 0 Å². The van der Waals surface area contributed by atoms with Crippen LogP contribution >= 0.6 is 27.3 Å². The largest absolute Gasteiger partial charge is 0.496 e. The fourth-order valence-electron chi connectivity index (χ4n) is 2.04. The first kappa shape index (κ1) is 14.5. The molecule has 0 radical (unpaired) electrons. The van der Waals surface area contributed by atoms with E-state index in [0.717, 1.165) is 4.47 Å². The topological polar surface area (TPSA) is 21.3 Å². The third-order valence-electron chi connectivity index (χ3n) is 3.01. The molecule has 1 aromatic heterocycles. The van der Waals surface area contributed by atoms with Crippen molar-refractivity contribution in [3.63, 3.8) is 0 Å². The van der Waals surface area contributed by atoms with Gasteiger partial charge in [-0.3, -0.25) is 0 Å². The lowest BCUT2D eigenvalue weighted by molar-refractivity contribution is 0.393. The number of ether oxygens (including phenoxy) is 1. The molecule has 0 saturated carbocycles. The van der Waals surface area contributed by atoms with Crippen molar-refractivity contribution in [3.8, 4) is 5.75 Å². The van der Waals surface area contributed by atoms with Crippen molar-refractivity contribution < 1.29 is 9.13 Å². The number of hydrogen-bond acceptors (Lipinski definition) is 3. The molecule has 5 heteroatoms. The van der Waals surface area contributed by atoms with Gasteiger partial charge in [0.05, 0.1) is 7.11 Å². The fourth-order valence-corrected chi connectivity index (χ4v) is 3.60. The van der Waals surface area contributed by atoms with Crippen LogP contribution in [0.2, 0.25) is 0 Å². The summed E-state index contributed by atoms with van der Waals surface area (Å²) in [6, 6.07) is 6.79. The Morgan fingerprint density at radius 3 is 2.79 bits per heavy atom. The molecule has 0 fully saturated rings. The minimum Gasteiger partial charge on any atom is -0.496 e. The molecule has 1 heterocycles. The molecule has 0 spiro atoms. The minimum absolute atomic E-state index is 0.119. The van der Waals surface area contributed by atoms with Crippen molar-refractivity contribution in [1.29, 1.82) is 0 Å². The van der Waals surface area contributed by atoms with Crippen molar-refractivity contribution in [2.24, 2.45) is 0 Å². The molecule has 1 aromatic carbocycles. The molecule has 0 aliphatic heterocycles. The van der Waals surface area contributed by atoms with Gasteiger partial charge in [-0.2, -0.15) is 0 Å².